The van der Waals surface area contributed by atoms with Crippen molar-refractivity contribution in [3.63, 3.8) is 0 Å². The molecule has 4 heteroatoms. The van der Waals surface area contributed by atoms with Crippen LogP contribution < -0.4 is 9.64 Å². The topological polar surface area (TPSA) is 29.5 Å². The zero-order valence-corrected chi connectivity index (χ0v) is 12.5. The lowest BCUT2D eigenvalue weighted by Gasteiger charge is -2.18. The van der Waals surface area contributed by atoms with Crippen molar-refractivity contribution in [3.8, 4) is 5.75 Å². The molecule has 2 aromatic carbocycles. The number of hydrogen-bond acceptors (Lipinski definition) is 2. The summed E-state index contributed by atoms with van der Waals surface area (Å²) in [7, 11) is 1.62. The molecule has 1 aliphatic rings. The van der Waals surface area contributed by atoms with Gasteiger partial charge in [0.15, 0.2) is 0 Å². The lowest BCUT2D eigenvalue weighted by molar-refractivity contribution is -0.118. The van der Waals surface area contributed by atoms with Crippen LogP contribution in [0.25, 0.3) is 0 Å². The minimum atomic E-state index is -0.319. The predicted molar refractivity (Wildman–Crippen MR) is 83.8 cm³/mol. The molecule has 3 rings (SSSR count). The number of halogens is 1. The minimum absolute atomic E-state index is 0.0465. The monoisotopic (exact) mass is 299 g/mol. The van der Waals surface area contributed by atoms with Crippen LogP contribution in [0.3, 0.4) is 0 Å². The number of amides is 1. The highest BCUT2D eigenvalue weighted by molar-refractivity contribution is 5.95. The summed E-state index contributed by atoms with van der Waals surface area (Å²) in [5, 5.41) is 0. The number of benzene rings is 2. The Morgan fingerprint density at radius 3 is 2.86 bits per heavy atom. The lowest BCUT2D eigenvalue weighted by Crippen LogP contribution is -2.29. The molecule has 0 atom stereocenters. The van der Waals surface area contributed by atoms with Crippen LogP contribution in [0, 0.1) is 5.82 Å². The van der Waals surface area contributed by atoms with E-state index in [1.54, 1.807) is 18.1 Å². The molecule has 0 unspecified atom stereocenters. The summed E-state index contributed by atoms with van der Waals surface area (Å²) in [4.78, 5) is 14.0. The Morgan fingerprint density at radius 2 is 2.05 bits per heavy atom. The van der Waals surface area contributed by atoms with Gasteiger partial charge in [0, 0.05) is 13.0 Å². The summed E-state index contributed by atoms with van der Waals surface area (Å²) in [5.41, 5.74) is 2.35. The van der Waals surface area contributed by atoms with Crippen LogP contribution in [-0.2, 0) is 17.6 Å². The lowest BCUT2D eigenvalue weighted by atomic mass is 10.1. The zero-order valence-electron chi connectivity index (χ0n) is 12.5. The molecule has 0 spiro atoms. The minimum Gasteiger partial charge on any atom is -0.496 e. The number of methoxy groups -OCH3 is 1. The summed E-state index contributed by atoms with van der Waals surface area (Å²) in [6.07, 6.45) is 1.64. The largest absolute Gasteiger partial charge is 0.496 e. The average Bonchev–Trinajstić information content (AvgIpc) is 2.98. The number of carbonyl (C=O) groups is 1. The van der Waals surface area contributed by atoms with Crippen molar-refractivity contribution in [1.29, 1.82) is 0 Å². The maximum absolute atomic E-state index is 14.0. The summed E-state index contributed by atoms with van der Waals surface area (Å²) < 4.78 is 19.3. The second-order valence-electron chi connectivity index (χ2n) is 5.35. The van der Waals surface area contributed by atoms with Gasteiger partial charge >= 0.3 is 0 Å². The first-order chi connectivity index (χ1) is 10.7. The van der Waals surface area contributed by atoms with E-state index in [1.165, 1.54) is 6.07 Å². The van der Waals surface area contributed by atoms with Gasteiger partial charge in [-0.15, -0.1) is 0 Å². The predicted octanol–water partition coefficient (Wildman–Crippen LogP) is 3.36. The van der Waals surface area contributed by atoms with Gasteiger partial charge in [-0.05, 0) is 36.1 Å². The number of fused-ring (bicyclic) bond motifs is 1. The number of ether oxygens (including phenoxy) is 1. The summed E-state index contributed by atoms with van der Waals surface area (Å²) >= 11 is 0. The molecule has 0 fully saturated rings. The maximum atomic E-state index is 14.0. The van der Waals surface area contributed by atoms with Crippen molar-refractivity contribution in [3.05, 3.63) is 59.4 Å². The standard InChI is InChI=1S/C18H18FNO2/c1-22-16-8-3-2-5-13(16)9-10-17(21)20-12-11-14-6-4-7-15(19)18(14)20/h2-8H,9-12H2,1H3. The number of aryl methyl sites for hydroxylation is 1. The van der Waals surface area contributed by atoms with Crippen LogP contribution in [0.15, 0.2) is 42.5 Å². The summed E-state index contributed by atoms with van der Waals surface area (Å²) in [6.45, 7) is 0.557. The molecule has 3 nitrogen and oxygen atoms in total. The van der Waals surface area contributed by atoms with E-state index in [1.807, 2.05) is 30.3 Å². The molecule has 22 heavy (non-hydrogen) atoms. The third kappa shape index (κ3) is 2.69. The number of rotatable bonds is 4. The Balaban J connectivity index is 1.72. The van der Waals surface area contributed by atoms with Crippen LogP contribution in [0.1, 0.15) is 17.5 Å². The van der Waals surface area contributed by atoms with E-state index in [-0.39, 0.29) is 11.7 Å². The van der Waals surface area contributed by atoms with Gasteiger partial charge in [0.25, 0.3) is 0 Å². The van der Waals surface area contributed by atoms with Crippen LogP contribution in [0.2, 0.25) is 0 Å². The number of para-hydroxylation sites is 2. The molecule has 0 radical (unpaired) electrons. The molecule has 1 amide bonds. The van der Waals surface area contributed by atoms with Gasteiger partial charge in [0.05, 0.1) is 12.8 Å². The first kappa shape index (κ1) is 14.6. The van der Waals surface area contributed by atoms with Crippen molar-refractivity contribution < 1.29 is 13.9 Å². The van der Waals surface area contributed by atoms with E-state index >= 15 is 0 Å². The molecule has 2 aromatic rings. The molecule has 0 saturated heterocycles. The number of carbonyl (C=O) groups excluding carboxylic acids is 1. The van der Waals surface area contributed by atoms with Gasteiger partial charge in [-0.1, -0.05) is 30.3 Å². The summed E-state index contributed by atoms with van der Waals surface area (Å²) in [6, 6.07) is 12.6. The number of hydrogen-bond donors (Lipinski definition) is 0. The average molecular weight is 299 g/mol. The van der Waals surface area contributed by atoms with Gasteiger partial charge < -0.3 is 9.64 Å². The van der Waals surface area contributed by atoms with Crippen molar-refractivity contribution in [2.45, 2.75) is 19.3 Å². The van der Waals surface area contributed by atoms with E-state index in [0.717, 1.165) is 16.9 Å². The molecule has 1 aliphatic heterocycles. The van der Waals surface area contributed by atoms with E-state index in [9.17, 15) is 9.18 Å². The highest BCUT2D eigenvalue weighted by Crippen LogP contribution is 2.31. The molecule has 0 aliphatic carbocycles. The molecule has 0 aromatic heterocycles. The molecule has 1 heterocycles. The highest BCUT2D eigenvalue weighted by Gasteiger charge is 2.27. The smallest absolute Gasteiger partial charge is 0.227 e. The van der Waals surface area contributed by atoms with Crippen molar-refractivity contribution in [2.75, 3.05) is 18.6 Å². The van der Waals surface area contributed by atoms with Crippen LogP contribution in [0.4, 0.5) is 10.1 Å². The molecule has 114 valence electrons. The third-order valence-corrected chi connectivity index (χ3v) is 4.05. The normalized spacial score (nSPS) is 13.1. The van der Waals surface area contributed by atoms with Gasteiger partial charge in [0.1, 0.15) is 11.6 Å². The van der Waals surface area contributed by atoms with Crippen LogP contribution in [-0.4, -0.2) is 19.6 Å². The quantitative estimate of drug-likeness (QED) is 0.866. The first-order valence-corrected chi connectivity index (χ1v) is 7.40. The number of nitrogens with zero attached hydrogens (tertiary/aromatic N) is 1. The second kappa shape index (κ2) is 6.18. The Labute approximate surface area is 129 Å². The zero-order chi connectivity index (χ0) is 15.5. The van der Waals surface area contributed by atoms with E-state index in [4.69, 9.17) is 4.74 Å². The molecule has 0 bridgehead atoms. The molecule has 0 saturated carbocycles. The second-order valence-corrected chi connectivity index (χ2v) is 5.35. The molecular formula is C18H18FNO2. The molecule has 0 N–H and O–H groups in total. The van der Waals surface area contributed by atoms with Crippen LogP contribution >= 0.6 is 0 Å². The Morgan fingerprint density at radius 1 is 1.23 bits per heavy atom. The maximum Gasteiger partial charge on any atom is 0.227 e. The van der Waals surface area contributed by atoms with Crippen molar-refractivity contribution >= 4 is 11.6 Å². The fourth-order valence-corrected chi connectivity index (χ4v) is 2.94. The Kier molecular flexibility index (Phi) is 4.09. The first-order valence-electron chi connectivity index (χ1n) is 7.40. The fourth-order valence-electron chi connectivity index (χ4n) is 2.94. The third-order valence-electron chi connectivity index (χ3n) is 4.05. The fraction of sp³-hybridized carbons (Fsp3) is 0.278. The van der Waals surface area contributed by atoms with E-state index in [2.05, 4.69) is 0 Å². The number of anilines is 1. The van der Waals surface area contributed by atoms with Gasteiger partial charge in [-0.25, -0.2) is 4.39 Å². The SMILES string of the molecule is COc1ccccc1CCC(=O)N1CCc2cccc(F)c21. The summed E-state index contributed by atoms with van der Waals surface area (Å²) in [5.74, 6) is 0.415. The van der Waals surface area contributed by atoms with Crippen molar-refractivity contribution in [1.82, 2.24) is 0 Å². The van der Waals surface area contributed by atoms with Gasteiger partial charge in [0.2, 0.25) is 5.91 Å². The molecular weight excluding hydrogens is 281 g/mol. The van der Waals surface area contributed by atoms with E-state index in [0.29, 0.717) is 31.5 Å². The Hall–Kier alpha value is -2.36. The van der Waals surface area contributed by atoms with Gasteiger partial charge in [-0.2, -0.15) is 0 Å². The van der Waals surface area contributed by atoms with Crippen molar-refractivity contribution in [2.24, 2.45) is 0 Å². The highest BCUT2D eigenvalue weighted by atomic mass is 19.1. The van der Waals surface area contributed by atoms with Gasteiger partial charge in [-0.3, -0.25) is 4.79 Å². The van der Waals surface area contributed by atoms with Crippen LogP contribution in [0.5, 0.6) is 5.75 Å². The van der Waals surface area contributed by atoms with E-state index < -0.39 is 0 Å². The Bertz CT molecular complexity index is 699.